The van der Waals surface area contributed by atoms with Crippen LogP contribution in [0.25, 0.3) is 0 Å². The van der Waals surface area contributed by atoms with Gasteiger partial charge in [0.05, 0.1) is 0 Å². The summed E-state index contributed by atoms with van der Waals surface area (Å²) in [5.41, 5.74) is 0.754. The molecule has 0 saturated heterocycles. The Morgan fingerprint density at radius 2 is 2.30 bits per heavy atom. The number of hydrogen-bond donors (Lipinski definition) is 1. The number of rotatable bonds is 0. The highest BCUT2D eigenvalue weighted by Gasteiger charge is 2.03. The Morgan fingerprint density at radius 1 is 1.70 bits per heavy atom. The van der Waals surface area contributed by atoms with E-state index in [0.717, 1.165) is 5.56 Å². The number of hydrogen-bond acceptors (Lipinski definition) is 2. The van der Waals surface area contributed by atoms with Gasteiger partial charge in [-0.3, -0.25) is 0 Å². The van der Waals surface area contributed by atoms with Crippen LogP contribution >= 0.6 is 34.2 Å². The lowest BCUT2D eigenvalue weighted by Crippen LogP contribution is -1.85. The zero-order valence-corrected chi connectivity index (χ0v) is 8.14. The summed E-state index contributed by atoms with van der Waals surface area (Å²) in [6.07, 6.45) is 0. The average molecular weight is 269 g/mol. The topological polar surface area (TPSA) is 33.1 Å². The van der Waals surface area contributed by atoms with Crippen molar-refractivity contribution in [2.75, 3.05) is 0 Å². The van der Waals surface area contributed by atoms with Crippen molar-refractivity contribution in [2.45, 2.75) is 6.92 Å². The summed E-state index contributed by atoms with van der Waals surface area (Å²) in [5, 5.41) is 9.62. The molecule has 0 aliphatic rings. The van der Waals surface area contributed by atoms with E-state index in [2.05, 4.69) is 4.98 Å². The standard InChI is InChI=1S/C6H5ClINO/c1-3-2-4(7)9-6(8)5(3)10/h2,10H,1H3. The van der Waals surface area contributed by atoms with Crippen molar-refractivity contribution in [3.05, 3.63) is 20.5 Å². The fourth-order valence-electron chi connectivity index (χ4n) is 0.589. The molecule has 0 unspecified atom stereocenters. The quantitative estimate of drug-likeness (QED) is 0.579. The lowest BCUT2D eigenvalue weighted by Gasteiger charge is -1.99. The van der Waals surface area contributed by atoms with E-state index >= 15 is 0 Å². The summed E-state index contributed by atoms with van der Waals surface area (Å²) in [6.45, 7) is 1.78. The van der Waals surface area contributed by atoms with Gasteiger partial charge >= 0.3 is 0 Å². The Hall–Kier alpha value is -0.0300. The third-order valence-corrected chi connectivity index (χ3v) is 2.06. The molecule has 0 atom stereocenters. The van der Waals surface area contributed by atoms with Gasteiger partial charge in [-0.15, -0.1) is 0 Å². The maximum absolute atomic E-state index is 9.20. The molecule has 1 heterocycles. The molecule has 0 spiro atoms. The number of aromatic hydroxyl groups is 1. The largest absolute Gasteiger partial charge is 0.505 e. The van der Waals surface area contributed by atoms with Gasteiger partial charge in [0.1, 0.15) is 14.6 Å². The molecule has 1 N–H and O–H groups in total. The smallest absolute Gasteiger partial charge is 0.150 e. The van der Waals surface area contributed by atoms with Gasteiger partial charge in [0, 0.05) is 0 Å². The van der Waals surface area contributed by atoms with Gasteiger partial charge in [0.15, 0.2) is 0 Å². The molecule has 54 valence electrons. The highest BCUT2D eigenvalue weighted by Crippen LogP contribution is 2.23. The maximum Gasteiger partial charge on any atom is 0.150 e. The summed E-state index contributed by atoms with van der Waals surface area (Å²) in [6, 6.07) is 1.62. The van der Waals surface area contributed by atoms with Crippen LogP contribution in [0.1, 0.15) is 5.56 Å². The molecule has 1 rings (SSSR count). The second kappa shape index (κ2) is 2.92. The Kier molecular flexibility index (Phi) is 2.36. The molecule has 4 heteroatoms. The van der Waals surface area contributed by atoms with Crippen molar-refractivity contribution in [2.24, 2.45) is 0 Å². The number of aryl methyl sites for hydroxylation is 1. The Bertz CT molecular complexity index is 241. The van der Waals surface area contributed by atoms with Crippen LogP contribution in [0.5, 0.6) is 5.75 Å². The van der Waals surface area contributed by atoms with Crippen molar-refractivity contribution in [1.82, 2.24) is 4.98 Å². The van der Waals surface area contributed by atoms with Crippen LogP contribution in [0, 0.1) is 10.6 Å². The first-order valence-corrected chi connectivity index (χ1v) is 4.08. The summed E-state index contributed by atoms with van der Waals surface area (Å²) in [5.74, 6) is 0.213. The van der Waals surface area contributed by atoms with Crippen LogP contribution < -0.4 is 0 Å². The monoisotopic (exact) mass is 269 g/mol. The summed E-state index contributed by atoms with van der Waals surface area (Å²) >= 11 is 7.53. The predicted octanol–water partition coefficient (Wildman–Crippen LogP) is 2.35. The fraction of sp³-hybridized carbons (Fsp3) is 0.167. The highest BCUT2D eigenvalue weighted by molar-refractivity contribution is 14.1. The van der Waals surface area contributed by atoms with Gasteiger partial charge in [-0.2, -0.15) is 0 Å². The number of pyridine rings is 1. The molecule has 1 aromatic rings. The molecule has 1 aromatic heterocycles. The van der Waals surface area contributed by atoms with E-state index < -0.39 is 0 Å². The maximum atomic E-state index is 9.20. The van der Waals surface area contributed by atoms with Gasteiger partial charge in [-0.25, -0.2) is 4.98 Å². The van der Waals surface area contributed by atoms with E-state index in [0.29, 0.717) is 8.85 Å². The molecule has 2 nitrogen and oxygen atoms in total. The first kappa shape index (κ1) is 8.07. The summed E-state index contributed by atoms with van der Waals surface area (Å²) < 4.78 is 0.544. The van der Waals surface area contributed by atoms with Crippen molar-refractivity contribution in [3.8, 4) is 5.75 Å². The molecule has 0 fully saturated rings. The predicted molar refractivity (Wildman–Crippen MR) is 48.4 cm³/mol. The molecule has 0 bridgehead atoms. The van der Waals surface area contributed by atoms with Gasteiger partial charge in [-0.1, -0.05) is 11.6 Å². The van der Waals surface area contributed by atoms with Crippen molar-refractivity contribution >= 4 is 34.2 Å². The zero-order chi connectivity index (χ0) is 7.72. The molecule has 0 saturated carbocycles. The van der Waals surface area contributed by atoms with Crippen LogP contribution in [0.15, 0.2) is 6.07 Å². The first-order valence-electron chi connectivity index (χ1n) is 2.63. The van der Waals surface area contributed by atoms with Crippen LogP contribution in [-0.4, -0.2) is 10.1 Å². The van der Waals surface area contributed by atoms with E-state index in [-0.39, 0.29) is 5.75 Å². The van der Waals surface area contributed by atoms with Crippen LogP contribution in [-0.2, 0) is 0 Å². The van der Waals surface area contributed by atoms with Crippen LogP contribution in [0.2, 0.25) is 5.15 Å². The van der Waals surface area contributed by atoms with Crippen molar-refractivity contribution in [1.29, 1.82) is 0 Å². The van der Waals surface area contributed by atoms with E-state index in [9.17, 15) is 5.11 Å². The Labute approximate surface area is 77.4 Å². The molecular weight excluding hydrogens is 264 g/mol. The second-order valence-corrected chi connectivity index (χ2v) is 3.31. The normalized spacial score (nSPS) is 9.90. The summed E-state index contributed by atoms with van der Waals surface area (Å²) in [7, 11) is 0. The summed E-state index contributed by atoms with van der Waals surface area (Å²) in [4.78, 5) is 3.84. The molecule has 0 aliphatic carbocycles. The van der Waals surface area contributed by atoms with E-state index in [1.165, 1.54) is 0 Å². The van der Waals surface area contributed by atoms with E-state index in [1.807, 2.05) is 22.6 Å². The van der Waals surface area contributed by atoms with Gasteiger partial charge in [0.2, 0.25) is 0 Å². The second-order valence-electron chi connectivity index (χ2n) is 1.90. The molecule has 0 aromatic carbocycles. The van der Waals surface area contributed by atoms with Crippen molar-refractivity contribution in [3.63, 3.8) is 0 Å². The zero-order valence-electron chi connectivity index (χ0n) is 5.23. The average Bonchev–Trinajstić information content (AvgIpc) is 1.82. The molecular formula is C6H5ClINO. The third kappa shape index (κ3) is 1.52. The fourth-order valence-corrected chi connectivity index (χ4v) is 1.66. The minimum atomic E-state index is 0.213. The van der Waals surface area contributed by atoms with E-state index in [1.54, 1.807) is 13.0 Å². The minimum absolute atomic E-state index is 0.213. The lowest BCUT2D eigenvalue weighted by atomic mass is 10.3. The van der Waals surface area contributed by atoms with Crippen LogP contribution in [0.3, 0.4) is 0 Å². The molecule has 0 aliphatic heterocycles. The van der Waals surface area contributed by atoms with Gasteiger partial charge in [-0.05, 0) is 41.1 Å². The Morgan fingerprint density at radius 3 is 2.80 bits per heavy atom. The van der Waals surface area contributed by atoms with Crippen molar-refractivity contribution < 1.29 is 5.11 Å². The third-order valence-electron chi connectivity index (χ3n) is 1.11. The van der Waals surface area contributed by atoms with Gasteiger partial charge in [0.25, 0.3) is 0 Å². The van der Waals surface area contributed by atoms with Crippen LogP contribution in [0.4, 0.5) is 0 Å². The SMILES string of the molecule is Cc1cc(Cl)nc(I)c1O. The van der Waals surface area contributed by atoms with Gasteiger partial charge < -0.3 is 5.11 Å². The molecule has 0 radical (unpaired) electrons. The number of aromatic nitrogens is 1. The number of nitrogens with zero attached hydrogens (tertiary/aromatic N) is 1. The minimum Gasteiger partial charge on any atom is -0.505 e. The highest BCUT2D eigenvalue weighted by atomic mass is 127. The molecule has 0 amide bonds. The lowest BCUT2D eigenvalue weighted by molar-refractivity contribution is 0.464. The first-order chi connectivity index (χ1) is 4.61. The van der Waals surface area contributed by atoms with E-state index in [4.69, 9.17) is 11.6 Å². The number of halogens is 2. The molecule has 10 heavy (non-hydrogen) atoms. The Balaban J connectivity index is 3.31.